The predicted molar refractivity (Wildman–Crippen MR) is 100 cm³/mol. The van der Waals surface area contributed by atoms with Crippen molar-refractivity contribution in [3.8, 4) is 11.5 Å². The fourth-order valence-corrected chi connectivity index (χ4v) is 4.07. The van der Waals surface area contributed by atoms with Gasteiger partial charge < -0.3 is 9.15 Å². The van der Waals surface area contributed by atoms with Crippen LogP contribution in [0.5, 0.6) is 0 Å². The molecule has 0 atom stereocenters. The topological polar surface area (TPSA) is 86.5 Å². The lowest BCUT2D eigenvalue weighted by Gasteiger charge is -2.03. The number of hydrogen-bond donors (Lipinski definition) is 0. The summed E-state index contributed by atoms with van der Waals surface area (Å²) in [5.74, 6) is 0.0677. The van der Waals surface area contributed by atoms with Crippen LogP contribution in [-0.2, 0) is 20.3 Å². The van der Waals surface area contributed by atoms with E-state index in [0.717, 1.165) is 5.56 Å². The molecule has 0 N–H and O–H groups in total. The Morgan fingerprint density at radius 2 is 1.81 bits per heavy atom. The fraction of sp³-hybridized carbons (Fsp3) is 0.200. The minimum atomic E-state index is -3.53. The number of nitrogens with zero attached hydrogens (tertiary/aromatic N) is 1. The van der Waals surface area contributed by atoms with Gasteiger partial charge in [-0.25, -0.2) is 18.2 Å². The number of aromatic nitrogens is 1. The molecule has 27 heavy (non-hydrogen) atoms. The summed E-state index contributed by atoms with van der Waals surface area (Å²) < 4.78 is 35.6. The quantitative estimate of drug-likeness (QED) is 0.622. The van der Waals surface area contributed by atoms with Gasteiger partial charge in [0.25, 0.3) is 0 Å². The molecule has 3 rings (SSSR count). The number of sulfone groups is 1. The number of carbonyl (C=O) groups is 1. The van der Waals surface area contributed by atoms with Gasteiger partial charge in [-0.1, -0.05) is 12.1 Å². The van der Waals surface area contributed by atoms with E-state index < -0.39 is 15.8 Å². The van der Waals surface area contributed by atoms with Crippen LogP contribution in [-0.4, -0.2) is 26.5 Å². The van der Waals surface area contributed by atoms with Gasteiger partial charge in [0, 0.05) is 5.56 Å². The van der Waals surface area contributed by atoms with Crippen LogP contribution in [0.1, 0.15) is 27.4 Å². The van der Waals surface area contributed by atoms with E-state index in [1.165, 1.54) is 7.11 Å². The van der Waals surface area contributed by atoms with Gasteiger partial charge in [-0.2, -0.15) is 0 Å². The van der Waals surface area contributed by atoms with Crippen LogP contribution in [0.25, 0.3) is 11.5 Å². The summed E-state index contributed by atoms with van der Waals surface area (Å²) >= 11 is 0. The lowest BCUT2D eigenvalue weighted by atomic mass is 10.1. The number of benzene rings is 2. The molecule has 0 saturated heterocycles. The standard InChI is InChI=1S/C20H19NO5S/c1-13-5-4-6-17(11-13)27(23,24)12-18-14(2)26-19(21-18)15-7-9-16(10-8-15)20(22)25-3/h4-11H,12H2,1-3H3. The van der Waals surface area contributed by atoms with Gasteiger partial charge in [0.15, 0.2) is 9.84 Å². The van der Waals surface area contributed by atoms with Crippen LogP contribution in [0.4, 0.5) is 0 Å². The van der Waals surface area contributed by atoms with Gasteiger partial charge in [-0.3, -0.25) is 0 Å². The van der Waals surface area contributed by atoms with E-state index in [1.54, 1.807) is 49.4 Å². The summed E-state index contributed by atoms with van der Waals surface area (Å²) in [7, 11) is -2.22. The number of carbonyl (C=O) groups excluding carboxylic acids is 1. The van der Waals surface area contributed by atoms with Crippen molar-refractivity contribution in [2.75, 3.05) is 7.11 Å². The van der Waals surface area contributed by atoms with Crippen molar-refractivity contribution in [3.05, 3.63) is 71.1 Å². The molecule has 0 saturated carbocycles. The third-order valence-electron chi connectivity index (χ3n) is 4.12. The summed E-state index contributed by atoms with van der Waals surface area (Å²) in [6.45, 7) is 3.52. The molecule has 0 bridgehead atoms. The molecule has 0 fully saturated rings. The molecule has 0 spiro atoms. The van der Waals surface area contributed by atoms with Gasteiger partial charge >= 0.3 is 5.97 Å². The third kappa shape index (κ3) is 4.09. The van der Waals surface area contributed by atoms with E-state index in [0.29, 0.717) is 28.5 Å². The first-order valence-electron chi connectivity index (χ1n) is 8.24. The van der Waals surface area contributed by atoms with Crippen molar-refractivity contribution >= 4 is 15.8 Å². The molecule has 0 aliphatic rings. The second-order valence-electron chi connectivity index (χ2n) is 6.17. The molecule has 1 heterocycles. The molecule has 0 amide bonds. The number of rotatable bonds is 5. The van der Waals surface area contributed by atoms with Gasteiger partial charge in [-0.15, -0.1) is 0 Å². The molecule has 0 aliphatic carbocycles. The first-order chi connectivity index (χ1) is 12.8. The molecular weight excluding hydrogens is 366 g/mol. The van der Waals surface area contributed by atoms with Crippen LogP contribution in [0.15, 0.2) is 57.8 Å². The number of hydrogen-bond acceptors (Lipinski definition) is 6. The van der Waals surface area contributed by atoms with Crippen molar-refractivity contribution in [1.29, 1.82) is 0 Å². The molecule has 0 radical (unpaired) electrons. The number of ether oxygens (including phenoxy) is 1. The Hall–Kier alpha value is -2.93. The zero-order valence-electron chi connectivity index (χ0n) is 15.2. The summed E-state index contributed by atoms with van der Waals surface area (Å²) in [5, 5.41) is 0. The smallest absolute Gasteiger partial charge is 0.337 e. The minimum Gasteiger partial charge on any atom is -0.465 e. The molecule has 140 valence electrons. The second-order valence-corrected chi connectivity index (χ2v) is 8.16. The van der Waals surface area contributed by atoms with Crippen LogP contribution in [0.3, 0.4) is 0 Å². The molecule has 0 unspecified atom stereocenters. The number of methoxy groups -OCH3 is 1. The molecule has 7 heteroatoms. The first kappa shape index (κ1) is 18.8. The minimum absolute atomic E-state index is 0.244. The Labute approximate surface area is 157 Å². The maximum Gasteiger partial charge on any atom is 0.337 e. The Morgan fingerprint density at radius 3 is 2.44 bits per heavy atom. The zero-order valence-corrected chi connectivity index (χ0v) is 16.0. The number of esters is 1. The second kappa shape index (κ2) is 7.36. The lowest BCUT2D eigenvalue weighted by molar-refractivity contribution is 0.0600. The molecule has 3 aromatic rings. The third-order valence-corrected chi connectivity index (χ3v) is 5.75. The van der Waals surface area contributed by atoms with E-state index in [1.807, 2.05) is 13.0 Å². The van der Waals surface area contributed by atoms with Crippen molar-refractivity contribution in [1.82, 2.24) is 4.98 Å². The first-order valence-corrected chi connectivity index (χ1v) is 9.90. The van der Waals surface area contributed by atoms with Gasteiger partial charge in [0.2, 0.25) is 5.89 Å². The number of oxazole rings is 1. The van der Waals surface area contributed by atoms with Gasteiger partial charge in [0.05, 0.1) is 23.3 Å². The van der Waals surface area contributed by atoms with Crippen molar-refractivity contribution < 1.29 is 22.4 Å². The summed E-state index contributed by atoms with van der Waals surface area (Å²) in [5.41, 5.74) is 2.29. The summed E-state index contributed by atoms with van der Waals surface area (Å²) in [6.07, 6.45) is 0. The maximum atomic E-state index is 12.7. The Balaban J connectivity index is 1.87. The monoisotopic (exact) mass is 385 g/mol. The largest absolute Gasteiger partial charge is 0.465 e. The molecule has 6 nitrogen and oxygen atoms in total. The lowest BCUT2D eigenvalue weighted by Crippen LogP contribution is -2.06. The van der Waals surface area contributed by atoms with Crippen molar-refractivity contribution in [2.24, 2.45) is 0 Å². The maximum absolute atomic E-state index is 12.7. The van der Waals surface area contributed by atoms with Crippen LogP contribution in [0.2, 0.25) is 0 Å². The highest BCUT2D eigenvalue weighted by Crippen LogP contribution is 2.25. The van der Waals surface area contributed by atoms with Crippen molar-refractivity contribution in [2.45, 2.75) is 24.5 Å². The predicted octanol–water partition coefficient (Wildman–Crippen LogP) is 3.72. The van der Waals surface area contributed by atoms with E-state index in [-0.39, 0.29) is 10.6 Å². The van der Waals surface area contributed by atoms with Crippen LogP contribution >= 0.6 is 0 Å². The van der Waals surface area contributed by atoms with Gasteiger partial charge in [-0.05, 0) is 55.8 Å². The average Bonchev–Trinajstić information content (AvgIpc) is 3.01. The van der Waals surface area contributed by atoms with Crippen LogP contribution in [0, 0.1) is 13.8 Å². The highest BCUT2D eigenvalue weighted by atomic mass is 32.2. The van der Waals surface area contributed by atoms with E-state index in [4.69, 9.17) is 4.42 Å². The fourth-order valence-electron chi connectivity index (χ4n) is 2.62. The van der Waals surface area contributed by atoms with Crippen LogP contribution < -0.4 is 0 Å². The molecule has 1 aromatic heterocycles. The van der Waals surface area contributed by atoms with Crippen molar-refractivity contribution in [3.63, 3.8) is 0 Å². The highest BCUT2D eigenvalue weighted by molar-refractivity contribution is 7.90. The summed E-state index contributed by atoms with van der Waals surface area (Å²) in [6, 6.07) is 13.3. The SMILES string of the molecule is COC(=O)c1ccc(-c2nc(CS(=O)(=O)c3cccc(C)c3)c(C)o2)cc1. The van der Waals surface area contributed by atoms with E-state index in [9.17, 15) is 13.2 Å². The summed E-state index contributed by atoms with van der Waals surface area (Å²) in [4.78, 5) is 16.1. The zero-order chi connectivity index (χ0) is 19.6. The normalized spacial score (nSPS) is 11.4. The molecule has 2 aromatic carbocycles. The Bertz CT molecular complexity index is 1080. The van der Waals surface area contributed by atoms with E-state index in [2.05, 4.69) is 9.72 Å². The average molecular weight is 385 g/mol. The molecule has 0 aliphatic heterocycles. The van der Waals surface area contributed by atoms with Gasteiger partial charge in [0.1, 0.15) is 11.5 Å². The van der Waals surface area contributed by atoms with E-state index >= 15 is 0 Å². The Kier molecular flexibility index (Phi) is 5.14. The highest BCUT2D eigenvalue weighted by Gasteiger charge is 2.21. The Morgan fingerprint density at radius 1 is 1.11 bits per heavy atom. The number of aryl methyl sites for hydroxylation is 2. The molecular formula is C20H19NO5S.